The third-order valence-electron chi connectivity index (χ3n) is 15.7. The van der Waals surface area contributed by atoms with Crippen molar-refractivity contribution in [1.29, 1.82) is 0 Å². The molecule has 45 heavy (non-hydrogen) atoms. The Morgan fingerprint density at radius 3 is 2.20 bits per heavy atom. The first-order valence-electron chi connectivity index (χ1n) is 17.8. The molecule has 2 N–H and O–H groups in total. The fourth-order valence-corrected chi connectivity index (χ4v) is 13.4. The summed E-state index contributed by atoms with van der Waals surface area (Å²) in [7, 11) is 0. The fraction of sp³-hybridized carbons (Fsp3) is 0.946. The van der Waals surface area contributed by atoms with Crippen LogP contribution in [-0.4, -0.2) is 71.5 Å². The lowest BCUT2D eigenvalue weighted by Gasteiger charge is -2.63. The summed E-state index contributed by atoms with van der Waals surface area (Å²) in [5.41, 5.74) is -1.84. The average molecular weight is 631 g/mol. The number of hydrogen-bond donors (Lipinski definition) is 2. The van der Waals surface area contributed by atoms with Crippen molar-refractivity contribution in [3.63, 3.8) is 0 Å². The maximum absolute atomic E-state index is 13.2. The van der Waals surface area contributed by atoms with Crippen molar-refractivity contribution in [1.82, 2.24) is 0 Å². The van der Waals surface area contributed by atoms with Gasteiger partial charge in [0, 0.05) is 17.8 Å². The Morgan fingerprint density at radius 1 is 0.956 bits per heavy atom. The molecule has 7 rings (SSSR count). The third kappa shape index (κ3) is 4.04. The summed E-state index contributed by atoms with van der Waals surface area (Å²) in [4.78, 5) is 25.2. The first kappa shape index (κ1) is 32.3. The van der Waals surface area contributed by atoms with Crippen molar-refractivity contribution in [2.45, 2.75) is 150 Å². The molecule has 254 valence electrons. The maximum atomic E-state index is 13.2. The van der Waals surface area contributed by atoms with Crippen LogP contribution in [0, 0.1) is 56.2 Å². The molecule has 0 bridgehead atoms. The van der Waals surface area contributed by atoms with E-state index in [2.05, 4.69) is 34.6 Å². The third-order valence-corrected chi connectivity index (χ3v) is 15.7. The highest BCUT2D eigenvalue weighted by atomic mass is 16.6. The van der Waals surface area contributed by atoms with Gasteiger partial charge in [-0.1, -0.05) is 34.6 Å². The fourth-order valence-electron chi connectivity index (χ4n) is 13.4. The summed E-state index contributed by atoms with van der Waals surface area (Å²) in [6.07, 6.45) is 5.95. The quantitative estimate of drug-likeness (QED) is 0.386. The Kier molecular flexibility index (Phi) is 6.96. The first-order chi connectivity index (χ1) is 20.8. The molecule has 8 nitrogen and oxygen atoms in total. The van der Waals surface area contributed by atoms with E-state index in [-0.39, 0.29) is 57.1 Å². The summed E-state index contributed by atoms with van der Waals surface area (Å²) in [5, 5.41) is 23.5. The largest absolute Gasteiger partial charge is 0.461 e. The van der Waals surface area contributed by atoms with Crippen molar-refractivity contribution in [3.8, 4) is 0 Å². The van der Waals surface area contributed by atoms with Crippen molar-refractivity contribution >= 4 is 11.9 Å². The molecule has 2 saturated heterocycles. The van der Waals surface area contributed by atoms with Gasteiger partial charge in [-0.05, 0) is 112 Å². The van der Waals surface area contributed by atoms with Crippen LogP contribution < -0.4 is 0 Å². The molecule has 2 heterocycles. The standard InChI is InChI=1S/C37H58O8/c1-20-16-22(29(32(5,6)41)43-21(2)38)44-27-26(20)34(8)14-15-37-17-36(37)13-12-25(45-30(40)33(7)18-42-19-33)31(3,4)23(36)10-11-24(37)35(34,9)28(27)39/h20,22-29,39,41H,10-19H2,1-9H3/t20-,22?,23+,24?,25+,26+,27?,28+,29+,34-,35-,36-,37+/m1/s1. The van der Waals surface area contributed by atoms with Crippen molar-refractivity contribution in [2.75, 3.05) is 13.2 Å². The lowest BCUT2D eigenvalue weighted by Crippen LogP contribution is -2.60. The van der Waals surface area contributed by atoms with E-state index in [1.807, 2.05) is 6.92 Å². The summed E-state index contributed by atoms with van der Waals surface area (Å²) in [6, 6.07) is 0. The van der Waals surface area contributed by atoms with Crippen LogP contribution in [0.15, 0.2) is 0 Å². The molecule has 3 unspecified atom stereocenters. The molecule has 0 aromatic heterocycles. The van der Waals surface area contributed by atoms with Gasteiger partial charge < -0.3 is 29.2 Å². The zero-order valence-electron chi connectivity index (χ0n) is 29.1. The van der Waals surface area contributed by atoms with Crippen molar-refractivity contribution in [2.24, 2.45) is 56.2 Å². The van der Waals surface area contributed by atoms with Crippen molar-refractivity contribution in [3.05, 3.63) is 0 Å². The molecule has 7 aliphatic rings. The molecule has 5 aliphatic carbocycles. The summed E-state index contributed by atoms with van der Waals surface area (Å²) in [6.45, 7) is 19.3. The Morgan fingerprint density at radius 2 is 1.60 bits per heavy atom. The monoisotopic (exact) mass is 630 g/mol. The normalized spacial score (nSPS) is 51.2. The molecule has 2 spiro atoms. The number of ether oxygens (including phenoxy) is 4. The molecule has 2 aliphatic heterocycles. The molecule has 5 saturated carbocycles. The highest BCUT2D eigenvalue weighted by Crippen LogP contribution is 2.89. The smallest absolute Gasteiger partial charge is 0.316 e. The van der Waals surface area contributed by atoms with E-state index >= 15 is 0 Å². The average Bonchev–Trinajstić information content (AvgIpc) is 3.55. The van der Waals surface area contributed by atoms with Gasteiger partial charge in [0.1, 0.15) is 11.5 Å². The molecule has 0 amide bonds. The van der Waals surface area contributed by atoms with E-state index in [9.17, 15) is 19.8 Å². The lowest BCUT2D eigenvalue weighted by atomic mass is 9.41. The number of esters is 2. The second kappa shape index (κ2) is 9.69. The van der Waals surface area contributed by atoms with Crippen LogP contribution in [0.4, 0.5) is 0 Å². The van der Waals surface area contributed by atoms with E-state index in [0.29, 0.717) is 31.5 Å². The number of rotatable bonds is 5. The number of fused-ring (bicyclic) bond motifs is 4. The second-order valence-electron chi connectivity index (χ2n) is 18.7. The molecule has 0 radical (unpaired) electrons. The Hall–Kier alpha value is -1.22. The zero-order chi connectivity index (χ0) is 32.8. The molecule has 0 aromatic rings. The van der Waals surface area contributed by atoms with Crippen LogP contribution in [0.3, 0.4) is 0 Å². The van der Waals surface area contributed by atoms with Gasteiger partial charge in [0.2, 0.25) is 0 Å². The zero-order valence-corrected chi connectivity index (χ0v) is 29.1. The van der Waals surface area contributed by atoms with Crippen LogP contribution in [0.1, 0.15) is 114 Å². The topological polar surface area (TPSA) is 112 Å². The van der Waals surface area contributed by atoms with E-state index in [1.165, 1.54) is 19.8 Å². The van der Waals surface area contributed by atoms with Crippen molar-refractivity contribution < 1.29 is 38.7 Å². The van der Waals surface area contributed by atoms with Crippen LogP contribution in [0.2, 0.25) is 0 Å². The number of hydrogen-bond acceptors (Lipinski definition) is 8. The van der Waals surface area contributed by atoms with E-state index in [0.717, 1.165) is 32.1 Å². The van der Waals surface area contributed by atoms with Gasteiger partial charge in [-0.25, -0.2) is 0 Å². The summed E-state index contributed by atoms with van der Waals surface area (Å²) < 4.78 is 24.2. The molecule has 8 heteroatoms. The highest BCUT2D eigenvalue weighted by Gasteiger charge is 2.85. The van der Waals surface area contributed by atoms with Crippen LogP contribution in [0.25, 0.3) is 0 Å². The molecular formula is C37H58O8. The molecule has 0 aromatic carbocycles. The van der Waals surface area contributed by atoms with Gasteiger partial charge >= 0.3 is 11.9 Å². The van der Waals surface area contributed by atoms with Gasteiger partial charge in [0.25, 0.3) is 0 Å². The minimum atomic E-state index is -1.26. The lowest BCUT2D eigenvalue weighted by molar-refractivity contribution is -0.216. The highest BCUT2D eigenvalue weighted by molar-refractivity contribution is 5.77. The van der Waals surface area contributed by atoms with E-state index in [4.69, 9.17) is 18.9 Å². The molecular weight excluding hydrogens is 572 g/mol. The predicted octanol–water partition coefficient (Wildman–Crippen LogP) is 5.45. The minimum absolute atomic E-state index is 0.0799. The SMILES string of the molecule is CC(=O)O[C@@H](C1C[C@@H](C)[C@H]2C(O1)[C@H](O)[C@@]1(C)C3CC[C@H]4C(C)(C)[C@@H](OC(=O)C5(C)COC5)CC[C@@]45C[C@@]35CC[C@]21C)C(C)(C)O. The summed E-state index contributed by atoms with van der Waals surface area (Å²) in [5.74, 6) is 0.795. The van der Waals surface area contributed by atoms with Gasteiger partial charge in [-0.2, -0.15) is 0 Å². The van der Waals surface area contributed by atoms with Crippen LogP contribution in [-0.2, 0) is 28.5 Å². The van der Waals surface area contributed by atoms with E-state index < -0.39 is 35.3 Å². The van der Waals surface area contributed by atoms with E-state index in [1.54, 1.807) is 13.8 Å². The number of aliphatic hydroxyl groups is 2. The Bertz CT molecular complexity index is 1250. The van der Waals surface area contributed by atoms with Gasteiger partial charge in [-0.3, -0.25) is 9.59 Å². The van der Waals surface area contributed by atoms with Crippen LogP contribution >= 0.6 is 0 Å². The predicted molar refractivity (Wildman–Crippen MR) is 167 cm³/mol. The minimum Gasteiger partial charge on any atom is -0.461 e. The van der Waals surface area contributed by atoms with Gasteiger partial charge in [0.05, 0.1) is 37.1 Å². The molecule has 13 atom stereocenters. The van der Waals surface area contributed by atoms with Gasteiger partial charge in [-0.15, -0.1) is 0 Å². The number of aliphatic hydroxyl groups excluding tert-OH is 1. The summed E-state index contributed by atoms with van der Waals surface area (Å²) >= 11 is 0. The van der Waals surface area contributed by atoms with Gasteiger partial charge in [0.15, 0.2) is 6.10 Å². The molecule has 7 fully saturated rings. The van der Waals surface area contributed by atoms with Crippen LogP contribution in [0.5, 0.6) is 0 Å². The second-order valence-corrected chi connectivity index (χ2v) is 18.7. The number of carbonyl (C=O) groups is 2. The Labute approximate surface area is 269 Å². The Balaban J connectivity index is 1.16. The maximum Gasteiger partial charge on any atom is 0.316 e. The first-order valence-corrected chi connectivity index (χ1v) is 17.8. The number of carbonyl (C=O) groups excluding carboxylic acids is 2.